The molecule has 1 aromatic rings. The number of amides is 1. The van der Waals surface area contributed by atoms with Gasteiger partial charge in [-0.05, 0) is 24.6 Å². The van der Waals surface area contributed by atoms with Crippen LogP contribution in [-0.2, 0) is 11.3 Å². The molecule has 0 aliphatic carbocycles. The molecular formula is C12H16N2O. The van der Waals surface area contributed by atoms with Gasteiger partial charge in [-0.1, -0.05) is 18.7 Å². The van der Waals surface area contributed by atoms with E-state index in [4.69, 9.17) is 5.73 Å². The Kier molecular flexibility index (Phi) is 3.63. The van der Waals surface area contributed by atoms with Crippen molar-refractivity contribution in [2.24, 2.45) is 5.73 Å². The zero-order chi connectivity index (χ0) is 11.4. The lowest BCUT2D eigenvalue weighted by Gasteiger charge is -2.17. The Balaban J connectivity index is 2.87. The number of carbonyl (C=O) groups is 1. The van der Waals surface area contributed by atoms with E-state index < -0.39 is 0 Å². The van der Waals surface area contributed by atoms with Crippen molar-refractivity contribution >= 4 is 11.6 Å². The summed E-state index contributed by atoms with van der Waals surface area (Å²) in [6.45, 7) is 5.84. The number of likely N-dealkylation sites (N-methyl/N-ethyl adjacent to an activating group) is 1. The Morgan fingerprint density at radius 2 is 1.93 bits per heavy atom. The van der Waals surface area contributed by atoms with Crippen LogP contribution < -0.4 is 10.6 Å². The van der Waals surface area contributed by atoms with Crippen molar-refractivity contribution in [1.29, 1.82) is 0 Å². The fraction of sp³-hybridized carbons (Fsp3) is 0.250. The molecule has 0 saturated carbocycles. The van der Waals surface area contributed by atoms with E-state index in [1.54, 1.807) is 18.9 Å². The third-order valence-electron chi connectivity index (χ3n) is 2.23. The fourth-order valence-corrected chi connectivity index (χ4v) is 1.26. The lowest BCUT2D eigenvalue weighted by atomic mass is 10.2. The van der Waals surface area contributed by atoms with Crippen LogP contribution in [0.15, 0.2) is 36.4 Å². The van der Waals surface area contributed by atoms with E-state index in [0.29, 0.717) is 12.1 Å². The second kappa shape index (κ2) is 4.75. The van der Waals surface area contributed by atoms with Gasteiger partial charge < -0.3 is 10.6 Å². The molecule has 0 heterocycles. The highest BCUT2D eigenvalue weighted by Gasteiger charge is 2.10. The minimum Gasteiger partial charge on any atom is -0.326 e. The SMILES string of the molecule is C=C(C)C(=O)N(C)c1ccc(CN)cc1. The van der Waals surface area contributed by atoms with Crippen LogP contribution in [0.4, 0.5) is 5.69 Å². The Bertz CT molecular complexity index is 368. The summed E-state index contributed by atoms with van der Waals surface area (Å²) in [6, 6.07) is 7.58. The van der Waals surface area contributed by atoms with Gasteiger partial charge in [0.05, 0.1) is 0 Å². The van der Waals surface area contributed by atoms with Gasteiger partial charge in [-0.15, -0.1) is 0 Å². The summed E-state index contributed by atoms with van der Waals surface area (Å²) in [7, 11) is 1.73. The highest BCUT2D eigenvalue weighted by molar-refractivity contribution is 6.04. The number of nitrogens with zero attached hydrogens (tertiary/aromatic N) is 1. The Morgan fingerprint density at radius 3 is 2.33 bits per heavy atom. The van der Waals surface area contributed by atoms with Crippen molar-refractivity contribution < 1.29 is 4.79 Å². The average Bonchev–Trinajstić information content (AvgIpc) is 2.27. The van der Waals surface area contributed by atoms with Gasteiger partial charge in [0.25, 0.3) is 5.91 Å². The van der Waals surface area contributed by atoms with Gasteiger partial charge in [-0.25, -0.2) is 0 Å². The zero-order valence-electron chi connectivity index (χ0n) is 9.16. The second-order valence-electron chi connectivity index (χ2n) is 3.52. The van der Waals surface area contributed by atoms with E-state index in [1.807, 2.05) is 24.3 Å². The van der Waals surface area contributed by atoms with Crippen LogP contribution in [-0.4, -0.2) is 13.0 Å². The molecular weight excluding hydrogens is 188 g/mol. The van der Waals surface area contributed by atoms with E-state index in [2.05, 4.69) is 6.58 Å². The van der Waals surface area contributed by atoms with Crippen LogP contribution in [0, 0.1) is 0 Å². The molecule has 0 unspecified atom stereocenters. The number of benzene rings is 1. The second-order valence-corrected chi connectivity index (χ2v) is 3.52. The Labute approximate surface area is 90.2 Å². The van der Waals surface area contributed by atoms with Gasteiger partial charge in [0.15, 0.2) is 0 Å². The molecule has 0 bridgehead atoms. The molecule has 0 atom stereocenters. The summed E-state index contributed by atoms with van der Waals surface area (Å²) in [6.07, 6.45) is 0. The first-order valence-corrected chi connectivity index (χ1v) is 4.79. The summed E-state index contributed by atoms with van der Waals surface area (Å²) in [5.41, 5.74) is 7.92. The minimum absolute atomic E-state index is 0.0736. The molecule has 0 aliphatic rings. The number of hydrogen-bond acceptors (Lipinski definition) is 2. The maximum Gasteiger partial charge on any atom is 0.253 e. The third-order valence-corrected chi connectivity index (χ3v) is 2.23. The molecule has 0 radical (unpaired) electrons. The summed E-state index contributed by atoms with van der Waals surface area (Å²) in [5.74, 6) is -0.0736. The molecule has 0 saturated heterocycles. The summed E-state index contributed by atoms with van der Waals surface area (Å²) >= 11 is 0. The first-order valence-electron chi connectivity index (χ1n) is 4.79. The number of nitrogens with two attached hydrogens (primary N) is 1. The highest BCUT2D eigenvalue weighted by atomic mass is 16.2. The van der Waals surface area contributed by atoms with Crippen molar-refractivity contribution in [2.75, 3.05) is 11.9 Å². The average molecular weight is 204 g/mol. The monoisotopic (exact) mass is 204 g/mol. The standard InChI is InChI=1S/C12H16N2O/c1-9(2)12(15)14(3)11-6-4-10(8-13)5-7-11/h4-7H,1,8,13H2,2-3H3. The quantitative estimate of drug-likeness (QED) is 0.761. The van der Waals surface area contributed by atoms with Crippen LogP contribution in [0.25, 0.3) is 0 Å². The van der Waals surface area contributed by atoms with Crippen LogP contribution in [0.2, 0.25) is 0 Å². The molecule has 3 nitrogen and oxygen atoms in total. The normalized spacial score (nSPS) is 9.80. The largest absolute Gasteiger partial charge is 0.326 e. The maximum atomic E-state index is 11.6. The molecule has 1 aromatic carbocycles. The van der Waals surface area contributed by atoms with Crippen molar-refractivity contribution in [2.45, 2.75) is 13.5 Å². The van der Waals surface area contributed by atoms with Gasteiger partial charge in [-0.3, -0.25) is 4.79 Å². The molecule has 1 amide bonds. The van der Waals surface area contributed by atoms with Gasteiger partial charge in [0, 0.05) is 24.9 Å². The van der Waals surface area contributed by atoms with Gasteiger partial charge in [0.2, 0.25) is 0 Å². The molecule has 1 rings (SSSR count). The van der Waals surface area contributed by atoms with Crippen LogP contribution in [0.1, 0.15) is 12.5 Å². The molecule has 80 valence electrons. The molecule has 2 N–H and O–H groups in total. The lowest BCUT2D eigenvalue weighted by molar-refractivity contribution is -0.114. The van der Waals surface area contributed by atoms with Gasteiger partial charge >= 0.3 is 0 Å². The number of carbonyl (C=O) groups excluding carboxylic acids is 1. The van der Waals surface area contributed by atoms with Crippen molar-refractivity contribution in [3.8, 4) is 0 Å². The van der Waals surface area contributed by atoms with E-state index in [9.17, 15) is 4.79 Å². The molecule has 0 fully saturated rings. The summed E-state index contributed by atoms with van der Waals surface area (Å²) in [4.78, 5) is 13.2. The first kappa shape index (κ1) is 11.5. The lowest BCUT2D eigenvalue weighted by Crippen LogP contribution is -2.26. The van der Waals surface area contributed by atoms with Crippen LogP contribution in [0.3, 0.4) is 0 Å². The van der Waals surface area contributed by atoms with Crippen LogP contribution >= 0.6 is 0 Å². The number of hydrogen-bond donors (Lipinski definition) is 1. The van der Waals surface area contributed by atoms with Crippen molar-refractivity contribution in [3.05, 3.63) is 42.0 Å². The molecule has 15 heavy (non-hydrogen) atoms. The zero-order valence-corrected chi connectivity index (χ0v) is 9.16. The number of rotatable bonds is 3. The van der Waals surface area contributed by atoms with Gasteiger partial charge in [0.1, 0.15) is 0 Å². The minimum atomic E-state index is -0.0736. The molecule has 0 aromatic heterocycles. The highest BCUT2D eigenvalue weighted by Crippen LogP contribution is 2.15. The predicted molar refractivity (Wildman–Crippen MR) is 62.6 cm³/mol. The van der Waals surface area contributed by atoms with Crippen LogP contribution in [0.5, 0.6) is 0 Å². The summed E-state index contributed by atoms with van der Waals surface area (Å²) in [5, 5.41) is 0. The predicted octanol–water partition coefficient (Wildman–Crippen LogP) is 1.68. The Morgan fingerprint density at radius 1 is 1.40 bits per heavy atom. The third kappa shape index (κ3) is 2.67. The van der Waals surface area contributed by atoms with E-state index >= 15 is 0 Å². The van der Waals surface area contributed by atoms with E-state index in [-0.39, 0.29) is 5.91 Å². The molecule has 3 heteroatoms. The van der Waals surface area contributed by atoms with E-state index in [1.165, 1.54) is 0 Å². The first-order chi connectivity index (χ1) is 7.06. The van der Waals surface area contributed by atoms with Crippen molar-refractivity contribution in [3.63, 3.8) is 0 Å². The summed E-state index contributed by atoms with van der Waals surface area (Å²) < 4.78 is 0. The topological polar surface area (TPSA) is 46.3 Å². The van der Waals surface area contributed by atoms with Crippen molar-refractivity contribution in [1.82, 2.24) is 0 Å². The Hall–Kier alpha value is -1.61. The molecule has 0 aliphatic heterocycles. The molecule has 0 spiro atoms. The van der Waals surface area contributed by atoms with Gasteiger partial charge in [-0.2, -0.15) is 0 Å². The maximum absolute atomic E-state index is 11.6. The fourth-order valence-electron chi connectivity index (χ4n) is 1.26. The van der Waals surface area contributed by atoms with E-state index in [0.717, 1.165) is 11.3 Å². The number of anilines is 1. The smallest absolute Gasteiger partial charge is 0.253 e.